The van der Waals surface area contributed by atoms with Crippen LogP contribution in [0.3, 0.4) is 0 Å². The van der Waals surface area contributed by atoms with Gasteiger partial charge in [-0.2, -0.15) is 0 Å². The SMILES string of the molecule is CCOC(=O)CC1COCCN1CC1CNNC1c1ccc2c(c1)OCO2. The van der Waals surface area contributed by atoms with Gasteiger partial charge in [-0.25, -0.2) is 5.43 Å². The van der Waals surface area contributed by atoms with E-state index in [0.717, 1.165) is 31.1 Å². The molecule has 148 valence electrons. The number of hydrazine groups is 1. The van der Waals surface area contributed by atoms with Crippen LogP contribution in [-0.2, 0) is 14.3 Å². The Bertz CT molecular complexity index is 671. The monoisotopic (exact) mass is 377 g/mol. The number of esters is 1. The van der Waals surface area contributed by atoms with Crippen LogP contribution in [0, 0.1) is 5.92 Å². The molecule has 0 saturated carbocycles. The minimum atomic E-state index is -0.159. The van der Waals surface area contributed by atoms with Crippen molar-refractivity contribution in [2.45, 2.75) is 25.4 Å². The standard InChI is InChI=1S/C19H27N3O5/c1-2-25-18(23)8-15-11-24-6-5-22(15)10-14-9-20-21-19(14)13-3-4-16-17(7-13)27-12-26-16/h3-4,7,14-15,19-21H,2,5-6,8-12H2,1H3. The minimum absolute atomic E-state index is 0.0656. The zero-order valence-electron chi connectivity index (χ0n) is 15.6. The normalized spacial score (nSPS) is 27.7. The second-order valence-electron chi connectivity index (χ2n) is 7.11. The maximum absolute atomic E-state index is 11.9. The topological polar surface area (TPSA) is 81.3 Å². The summed E-state index contributed by atoms with van der Waals surface area (Å²) in [6, 6.07) is 6.34. The van der Waals surface area contributed by atoms with Gasteiger partial charge < -0.3 is 18.9 Å². The summed E-state index contributed by atoms with van der Waals surface area (Å²) in [5.41, 5.74) is 7.84. The molecule has 0 aromatic heterocycles. The van der Waals surface area contributed by atoms with Crippen molar-refractivity contribution in [3.05, 3.63) is 23.8 Å². The lowest BCUT2D eigenvalue weighted by atomic mass is 9.93. The molecule has 4 rings (SSSR count). The fourth-order valence-electron chi connectivity index (χ4n) is 4.00. The first-order chi connectivity index (χ1) is 13.2. The van der Waals surface area contributed by atoms with Crippen LogP contribution in [0.1, 0.15) is 24.9 Å². The van der Waals surface area contributed by atoms with Gasteiger partial charge in [0.05, 0.1) is 32.3 Å². The van der Waals surface area contributed by atoms with Gasteiger partial charge in [0.2, 0.25) is 6.79 Å². The van der Waals surface area contributed by atoms with Crippen molar-refractivity contribution in [3.63, 3.8) is 0 Å². The second-order valence-corrected chi connectivity index (χ2v) is 7.11. The molecule has 8 heteroatoms. The van der Waals surface area contributed by atoms with Gasteiger partial charge in [-0.15, -0.1) is 0 Å². The molecule has 2 saturated heterocycles. The van der Waals surface area contributed by atoms with Gasteiger partial charge in [-0.05, 0) is 24.6 Å². The largest absolute Gasteiger partial charge is 0.466 e. The molecule has 0 aliphatic carbocycles. The summed E-state index contributed by atoms with van der Waals surface area (Å²) >= 11 is 0. The number of morpholine rings is 1. The third-order valence-corrected chi connectivity index (χ3v) is 5.38. The molecule has 3 atom stereocenters. The third-order valence-electron chi connectivity index (χ3n) is 5.38. The van der Waals surface area contributed by atoms with Crippen LogP contribution in [0.4, 0.5) is 0 Å². The van der Waals surface area contributed by atoms with E-state index in [1.165, 1.54) is 5.56 Å². The Labute approximate surface area is 159 Å². The van der Waals surface area contributed by atoms with Crippen molar-refractivity contribution >= 4 is 5.97 Å². The second kappa shape index (κ2) is 8.43. The van der Waals surface area contributed by atoms with Crippen molar-refractivity contribution in [2.75, 3.05) is 46.2 Å². The molecular weight excluding hydrogens is 350 g/mol. The molecule has 1 aromatic rings. The van der Waals surface area contributed by atoms with Gasteiger partial charge in [-0.1, -0.05) is 6.07 Å². The minimum Gasteiger partial charge on any atom is -0.466 e. The highest BCUT2D eigenvalue weighted by molar-refractivity contribution is 5.70. The Hall–Kier alpha value is -1.87. The average molecular weight is 377 g/mol. The van der Waals surface area contributed by atoms with Crippen molar-refractivity contribution in [1.82, 2.24) is 15.8 Å². The lowest BCUT2D eigenvalue weighted by Gasteiger charge is -2.37. The number of nitrogens with zero attached hydrogens (tertiary/aromatic N) is 1. The van der Waals surface area contributed by atoms with E-state index in [4.69, 9.17) is 18.9 Å². The maximum atomic E-state index is 11.9. The van der Waals surface area contributed by atoms with Crippen LogP contribution in [0.2, 0.25) is 0 Å². The zero-order valence-corrected chi connectivity index (χ0v) is 15.6. The van der Waals surface area contributed by atoms with Crippen LogP contribution < -0.4 is 20.3 Å². The summed E-state index contributed by atoms with van der Waals surface area (Å²) < 4.78 is 21.7. The number of fused-ring (bicyclic) bond motifs is 1. The van der Waals surface area contributed by atoms with Crippen LogP contribution in [0.15, 0.2) is 18.2 Å². The van der Waals surface area contributed by atoms with Crippen LogP contribution >= 0.6 is 0 Å². The molecule has 1 aromatic carbocycles. The maximum Gasteiger partial charge on any atom is 0.307 e. The first kappa shape index (κ1) is 18.5. The van der Waals surface area contributed by atoms with Gasteiger partial charge in [0, 0.05) is 31.6 Å². The van der Waals surface area contributed by atoms with E-state index in [-0.39, 0.29) is 24.8 Å². The van der Waals surface area contributed by atoms with Crippen molar-refractivity contribution in [3.8, 4) is 11.5 Å². The highest BCUT2D eigenvalue weighted by atomic mass is 16.7. The Balaban J connectivity index is 1.43. The summed E-state index contributed by atoms with van der Waals surface area (Å²) in [5.74, 6) is 1.80. The highest BCUT2D eigenvalue weighted by Gasteiger charge is 2.34. The number of benzene rings is 1. The Morgan fingerprint density at radius 1 is 1.33 bits per heavy atom. The summed E-state index contributed by atoms with van der Waals surface area (Å²) in [7, 11) is 0. The average Bonchev–Trinajstić information content (AvgIpc) is 3.32. The van der Waals surface area contributed by atoms with E-state index in [2.05, 4.69) is 27.9 Å². The lowest BCUT2D eigenvalue weighted by molar-refractivity contribution is -0.146. The number of hydrogen-bond donors (Lipinski definition) is 2. The molecular formula is C19H27N3O5. The fraction of sp³-hybridized carbons (Fsp3) is 0.632. The van der Waals surface area contributed by atoms with Gasteiger partial charge >= 0.3 is 5.97 Å². The van der Waals surface area contributed by atoms with Gasteiger partial charge in [-0.3, -0.25) is 15.1 Å². The molecule has 0 bridgehead atoms. The molecule has 0 amide bonds. The van der Waals surface area contributed by atoms with E-state index in [1.54, 1.807) is 0 Å². The molecule has 27 heavy (non-hydrogen) atoms. The summed E-state index contributed by atoms with van der Waals surface area (Å²) in [5, 5.41) is 0. The number of ether oxygens (including phenoxy) is 4. The number of nitrogens with one attached hydrogen (secondary N) is 2. The summed E-state index contributed by atoms with van der Waals surface area (Å²) in [4.78, 5) is 14.3. The van der Waals surface area contributed by atoms with Gasteiger partial charge in [0.15, 0.2) is 11.5 Å². The first-order valence-electron chi connectivity index (χ1n) is 9.60. The van der Waals surface area contributed by atoms with Crippen molar-refractivity contribution in [1.29, 1.82) is 0 Å². The van der Waals surface area contributed by atoms with Crippen LogP contribution in [0.25, 0.3) is 0 Å². The van der Waals surface area contributed by atoms with Crippen molar-refractivity contribution < 1.29 is 23.7 Å². The smallest absolute Gasteiger partial charge is 0.307 e. The Morgan fingerprint density at radius 2 is 2.22 bits per heavy atom. The number of hydrogen-bond acceptors (Lipinski definition) is 8. The molecule has 3 aliphatic heterocycles. The molecule has 3 heterocycles. The van der Waals surface area contributed by atoms with E-state index < -0.39 is 0 Å². The lowest BCUT2D eigenvalue weighted by Crippen LogP contribution is -2.49. The number of carbonyl (C=O) groups is 1. The third kappa shape index (κ3) is 4.19. The number of rotatable bonds is 6. The molecule has 2 N–H and O–H groups in total. The number of carbonyl (C=O) groups excluding carboxylic acids is 1. The van der Waals surface area contributed by atoms with Crippen LogP contribution in [0.5, 0.6) is 11.5 Å². The van der Waals surface area contributed by atoms with Crippen molar-refractivity contribution in [2.24, 2.45) is 5.92 Å². The molecule has 3 aliphatic rings. The molecule has 8 nitrogen and oxygen atoms in total. The van der Waals surface area contributed by atoms with E-state index in [0.29, 0.717) is 32.2 Å². The first-order valence-corrected chi connectivity index (χ1v) is 9.60. The van der Waals surface area contributed by atoms with Crippen LogP contribution in [-0.4, -0.2) is 63.2 Å². The molecule has 0 spiro atoms. The molecule has 2 fully saturated rings. The van der Waals surface area contributed by atoms with Gasteiger partial charge in [0.25, 0.3) is 0 Å². The zero-order chi connectivity index (χ0) is 18.6. The predicted molar refractivity (Wildman–Crippen MR) is 97.4 cm³/mol. The fourth-order valence-corrected chi connectivity index (χ4v) is 4.00. The van der Waals surface area contributed by atoms with E-state index >= 15 is 0 Å². The summed E-state index contributed by atoms with van der Waals surface area (Å²) in [6.07, 6.45) is 0.371. The van der Waals surface area contributed by atoms with Gasteiger partial charge in [0.1, 0.15) is 0 Å². The van der Waals surface area contributed by atoms with E-state index in [1.807, 2.05) is 13.0 Å². The summed E-state index contributed by atoms with van der Waals surface area (Å²) in [6.45, 7) is 6.36. The Kier molecular flexibility index (Phi) is 5.77. The highest BCUT2D eigenvalue weighted by Crippen LogP contribution is 2.36. The molecule has 0 radical (unpaired) electrons. The van der Waals surface area contributed by atoms with E-state index in [9.17, 15) is 4.79 Å². The predicted octanol–water partition coefficient (Wildman–Crippen LogP) is 0.834. The Morgan fingerprint density at radius 3 is 3.11 bits per heavy atom. The quantitative estimate of drug-likeness (QED) is 0.706. The molecule has 3 unspecified atom stereocenters.